The average molecular weight is 256 g/mol. The van der Waals surface area contributed by atoms with Gasteiger partial charge in [0.1, 0.15) is 0 Å². The van der Waals surface area contributed by atoms with Crippen LogP contribution in [0.3, 0.4) is 0 Å². The van der Waals surface area contributed by atoms with Gasteiger partial charge in [-0.25, -0.2) is 0 Å². The fourth-order valence-electron chi connectivity index (χ4n) is 2.64. The number of nitrogens with zero attached hydrogens (tertiary/aromatic N) is 1. The molecular weight excluding hydrogens is 236 g/mol. The Bertz CT molecular complexity index is 289. The Labute approximate surface area is 106 Å². The van der Waals surface area contributed by atoms with Crippen LogP contribution < -0.4 is 5.32 Å². The second-order valence-electron chi connectivity index (χ2n) is 5.15. The van der Waals surface area contributed by atoms with Crippen molar-refractivity contribution in [1.29, 1.82) is 0 Å². The summed E-state index contributed by atoms with van der Waals surface area (Å²) in [6.07, 6.45) is 9.16. The minimum absolute atomic E-state index is 0.696. The van der Waals surface area contributed by atoms with Crippen LogP contribution in [0.2, 0.25) is 0 Å². The van der Waals surface area contributed by atoms with Crippen molar-refractivity contribution in [2.45, 2.75) is 48.6 Å². The monoisotopic (exact) mass is 256 g/mol. The first-order chi connectivity index (χ1) is 7.85. The first-order valence-electron chi connectivity index (χ1n) is 6.35. The molecule has 0 aromatic carbocycles. The number of hydrogen-bond acceptors (Lipinski definition) is 4. The number of nitrogens with one attached hydrogen (secondary N) is 1. The van der Waals surface area contributed by atoms with Crippen LogP contribution in [0.15, 0.2) is 4.99 Å². The van der Waals surface area contributed by atoms with E-state index in [0.717, 1.165) is 23.0 Å². The van der Waals surface area contributed by atoms with Gasteiger partial charge in [-0.05, 0) is 44.3 Å². The summed E-state index contributed by atoms with van der Waals surface area (Å²) in [5.41, 5.74) is 0. The highest BCUT2D eigenvalue weighted by molar-refractivity contribution is 8.14. The highest BCUT2D eigenvalue weighted by atomic mass is 32.2. The SMILES string of the molecule is CSC1CCC(NC2=NCC(C3CC3)S2)C1. The van der Waals surface area contributed by atoms with E-state index in [-0.39, 0.29) is 0 Å². The lowest BCUT2D eigenvalue weighted by Crippen LogP contribution is -2.30. The van der Waals surface area contributed by atoms with Crippen LogP contribution in [0.25, 0.3) is 0 Å². The van der Waals surface area contributed by atoms with Gasteiger partial charge in [0.25, 0.3) is 0 Å². The van der Waals surface area contributed by atoms with Crippen LogP contribution >= 0.6 is 23.5 Å². The zero-order valence-electron chi connectivity index (χ0n) is 9.82. The van der Waals surface area contributed by atoms with Gasteiger partial charge in [-0.3, -0.25) is 4.99 Å². The number of aliphatic imine (C=N–C) groups is 1. The van der Waals surface area contributed by atoms with E-state index in [0.29, 0.717) is 6.04 Å². The second kappa shape index (κ2) is 4.81. The zero-order chi connectivity index (χ0) is 11.0. The Hall–Kier alpha value is 0.170. The maximum absolute atomic E-state index is 4.65. The maximum atomic E-state index is 4.65. The molecule has 1 aliphatic heterocycles. The van der Waals surface area contributed by atoms with E-state index in [1.165, 1.54) is 37.3 Å². The summed E-state index contributed by atoms with van der Waals surface area (Å²) in [7, 11) is 0. The van der Waals surface area contributed by atoms with Crippen molar-refractivity contribution in [3.63, 3.8) is 0 Å². The lowest BCUT2D eigenvalue weighted by atomic mass is 10.3. The molecule has 0 aromatic rings. The summed E-state index contributed by atoms with van der Waals surface area (Å²) in [5.74, 6) is 0.982. The number of amidine groups is 1. The van der Waals surface area contributed by atoms with Gasteiger partial charge in [0.2, 0.25) is 0 Å². The van der Waals surface area contributed by atoms with E-state index < -0.39 is 0 Å². The van der Waals surface area contributed by atoms with Gasteiger partial charge in [-0.1, -0.05) is 11.8 Å². The van der Waals surface area contributed by atoms with Gasteiger partial charge in [0.05, 0.1) is 6.54 Å². The van der Waals surface area contributed by atoms with E-state index in [9.17, 15) is 0 Å². The van der Waals surface area contributed by atoms with Crippen molar-refractivity contribution in [1.82, 2.24) is 5.32 Å². The van der Waals surface area contributed by atoms with Crippen LogP contribution in [0.1, 0.15) is 32.1 Å². The maximum Gasteiger partial charge on any atom is 0.157 e. The smallest absolute Gasteiger partial charge is 0.157 e. The molecule has 0 amide bonds. The van der Waals surface area contributed by atoms with E-state index in [2.05, 4.69) is 16.6 Å². The van der Waals surface area contributed by atoms with Gasteiger partial charge in [0.15, 0.2) is 5.17 Å². The molecule has 2 fully saturated rings. The summed E-state index contributed by atoms with van der Waals surface area (Å²) in [6.45, 7) is 1.07. The Morgan fingerprint density at radius 2 is 2.19 bits per heavy atom. The van der Waals surface area contributed by atoms with Crippen molar-refractivity contribution >= 4 is 28.7 Å². The van der Waals surface area contributed by atoms with Crippen LogP contribution in [-0.2, 0) is 0 Å². The average Bonchev–Trinajstić information content (AvgIpc) is 2.88. The molecule has 1 heterocycles. The van der Waals surface area contributed by atoms with Crippen molar-refractivity contribution < 1.29 is 0 Å². The number of thioether (sulfide) groups is 2. The van der Waals surface area contributed by atoms with Crippen LogP contribution in [0.4, 0.5) is 0 Å². The normalized spacial score (nSPS) is 38.8. The van der Waals surface area contributed by atoms with Crippen LogP contribution in [0, 0.1) is 5.92 Å². The van der Waals surface area contributed by atoms with Crippen LogP contribution in [-0.4, -0.2) is 34.5 Å². The quantitative estimate of drug-likeness (QED) is 0.840. The summed E-state index contributed by atoms with van der Waals surface area (Å²) >= 11 is 4.03. The summed E-state index contributed by atoms with van der Waals surface area (Å²) in [6, 6.07) is 0.696. The molecule has 1 N–H and O–H groups in total. The molecule has 0 aromatic heterocycles. The molecule has 0 radical (unpaired) electrons. The summed E-state index contributed by atoms with van der Waals surface area (Å²) < 4.78 is 0. The predicted molar refractivity (Wildman–Crippen MR) is 74.5 cm³/mol. The molecule has 3 rings (SSSR count). The van der Waals surface area contributed by atoms with Gasteiger partial charge in [0, 0.05) is 16.5 Å². The first kappa shape index (κ1) is 11.3. The first-order valence-corrected chi connectivity index (χ1v) is 8.52. The number of rotatable bonds is 3. The van der Waals surface area contributed by atoms with E-state index in [1.807, 2.05) is 23.5 Å². The minimum Gasteiger partial charge on any atom is -0.362 e. The third-order valence-corrected chi connectivity index (χ3v) is 6.27. The molecule has 90 valence electrons. The summed E-state index contributed by atoms with van der Waals surface area (Å²) in [5, 5.41) is 6.58. The van der Waals surface area contributed by atoms with E-state index in [1.54, 1.807) is 0 Å². The third-order valence-electron chi connectivity index (χ3n) is 3.87. The van der Waals surface area contributed by atoms with Crippen molar-refractivity contribution in [2.75, 3.05) is 12.8 Å². The highest BCUT2D eigenvalue weighted by Gasteiger charge is 2.36. The van der Waals surface area contributed by atoms with E-state index >= 15 is 0 Å². The van der Waals surface area contributed by atoms with Gasteiger partial charge >= 0.3 is 0 Å². The molecule has 3 atom stereocenters. The zero-order valence-corrected chi connectivity index (χ0v) is 11.4. The number of hydrogen-bond donors (Lipinski definition) is 1. The standard InChI is InChI=1S/C12H20N2S2/c1-15-10-5-4-9(6-10)14-12-13-7-11(16-12)8-2-3-8/h8-11H,2-7H2,1H3,(H,13,14). The molecule has 2 saturated carbocycles. The molecule has 2 nitrogen and oxygen atoms in total. The molecule has 0 spiro atoms. The van der Waals surface area contributed by atoms with Gasteiger partial charge in [-0.2, -0.15) is 11.8 Å². The molecule has 3 unspecified atom stereocenters. The van der Waals surface area contributed by atoms with E-state index in [4.69, 9.17) is 0 Å². The Kier molecular flexibility index (Phi) is 3.39. The molecule has 3 aliphatic rings. The Balaban J connectivity index is 1.45. The topological polar surface area (TPSA) is 24.4 Å². The van der Waals surface area contributed by atoms with Crippen LogP contribution in [0.5, 0.6) is 0 Å². The molecule has 16 heavy (non-hydrogen) atoms. The van der Waals surface area contributed by atoms with Gasteiger partial charge in [-0.15, -0.1) is 0 Å². The lowest BCUT2D eigenvalue weighted by Gasteiger charge is -2.14. The lowest BCUT2D eigenvalue weighted by molar-refractivity contribution is 0.636. The molecule has 0 saturated heterocycles. The second-order valence-corrected chi connectivity index (χ2v) is 7.52. The van der Waals surface area contributed by atoms with Crippen molar-refractivity contribution in [2.24, 2.45) is 10.9 Å². The molecule has 2 aliphatic carbocycles. The molecular formula is C12H20N2S2. The van der Waals surface area contributed by atoms with Crippen molar-refractivity contribution in [3.05, 3.63) is 0 Å². The Morgan fingerprint density at radius 3 is 2.88 bits per heavy atom. The predicted octanol–water partition coefficient (Wildman–Crippen LogP) is 2.74. The molecule has 4 heteroatoms. The fraction of sp³-hybridized carbons (Fsp3) is 0.917. The minimum atomic E-state index is 0.696. The Morgan fingerprint density at radius 1 is 1.31 bits per heavy atom. The fourth-order valence-corrected chi connectivity index (χ4v) is 4.72. The largest absolute Gasteiger partial charge is 0.362 e. The third kappa shape index (κ3) is 2.53. The van der Waals surface area contributed by atoms with Gasteiger partial charge < -0.3 is 5.32 Å². The molecule has 0 bridgehead atoms. The highest BCUT2D eigenvalue weighted by Crippen LogP contribution is 2.41. The van der Waals surface area contributed by atoms with Crippen molar-refractivity contribution in [3.8, 4) is 0 Å². The summed E-state index contributed by atoms with van der Waals surface area (Å²) in [4.78, 5) is 4.65.